The second-order valence-electron chi connectivity index (χ2n) is 2.13. The average Bonchev–Trinajstić information content (AvgIpc) is 1.96. The smallest absolute Gasteiger partial charge is 0.146 e. The number of rotatable bonds is 2. The lowest BCUT2D eigenvalue weighted by molar-refractivity contribution is 0.335. The highest BCUT2D eigenvalue weighted by atomic mass is 127. The molecule has 0 aliphatic carbocycles. The molecule has 0 bridgehead atoms. The zero-order valence-electron chi connectivity index (χ0n) is 6.40. The molecular formula is C8H7BrFIO. The van der Waals surface area contributed by atoms with E-state index in [2.05, 4.69) is 15.9 Å². The summed E-state index contributed by atoms with van der Waals surface area (Å²) < 4.78 is 19.5. The van der Waals surface area contributed by atoms with Gasteiger partial charge in [-0.1, -0.05) is 0 Å². The van der Waals surface area contributed by atoms with Crippen LogP contribution in [-0.4, -0.2) is 6.61 Å². The van der Waals surface area contributed by atoms with Gasteiger partial charge in [-0.2, -0.15) is 0 Å². The van der Waals surface area contributed by atoms with Gasteiger partial charge < -0.3 is 4.74 Å². The van der Waals surface area contributed by atoms with Crippen molar-refractivity contribution in [1.82, 2.24) is 0 Å². The fourth-order valence-electron chi connectivity index (χ4n) is 0.811. The molecule has 66 valence electrons. The average molecular weight is 345 g/mol. The lowest BCUT2D eigenvalue weighted by Crippen LogP contribution is -1.95. The van der Waals surface area contributed by atoms with Gasteiger partial charge in [0.05, 0.1) is 14.6 Å². The molecule has 0 aliphatic heterocycles. The first-order valence-corrected chi connectivity index (χ1v) is 5.29. The summed E-state index contributed by atoms with van der Waals surface area (Å²) in [7, 11) is 0. The van der Waals surface area contributed by atoms with Crippen molar-refractivity contribution in [3.05, 3.63) is 26.0 Å². The van der Waals surface area contributed by atoms with Gasteiger partial charge in [-0.3, -0.25) is 0 Å². The minimum Gasteiger partial charge on any atom is -0.492 e. The normalized spacial score (nSPS) is 10.0. The Morgan fingerprint density at radius 1 is 1.58 bits per heavy atom. The zero-order chi connectivity index (χ0) is 9.14. The van der Waals surface area contributed by atoms with Crippen molar-refractivity contribution in [3.63, 3.8) is 0 Å². The van der Waals surface area contributed by atoms with Crippen molar-refractivity contribution < 1.29 is 9.13 Å². The summed E-state index contributed by atoms with van der Waals surface area (Å²) in [5.41, 5.74) is 0. The molecule has 0 fully saturated rings. The molecule has 0 amide bonds. The predicted molar refractivity (Wildman–Crippen MR) is 58.0 cm³/mol. The van der Waals surface area contributed by atoms with Gasteiger partial charge in [-0.05, 0) is 57.6 Å². The van der Waals surface area contributed by atoms with E-state index in [0.29, 0.717) is 16.8 Å². The Morgan fingerprint density at radius 2 is 2.25 bits per heavy atom. The van der Waals surface area contributed by atoms with Gasteiger partial charge in [0.15, 0.2) is 0 Å². The summed E-state index contributed by atoms with van der Waals surface area (Å²) in [6.07, 6.45) is 0. The van der Waals surface area contributed by atoms with Crippen LogP contribution in [-0.2, 0) is 0 Å². The molecule has 1 rings (SSSR count). The van der Waals surface area contributed by atoms with Crippen LogP contribution >= 0.6 is 38.5 Å². The molecule has 0 unspecified atom stereocenters. The Labute approximate surface area is 92.6 Å². The standard InChI is InChI=1S/C8H7BrFIO/c1-2-12-8-6(9)3-5(10)4-7(8)11/h3-4H,2H2,1H3. The molecule has 0 spiro atoms. The van der Waals surface area contributed by atoms with Gasteiger partial charge in [0.25, 0.3) is 0 Å². The summed E-state index contributed by atoms with van der Waals surface area (Å²) >= 11 is 5.27. The Bertz CT molecular complexity index is 267. The maximum atomic E-state index is 12.8. The molecule has 1 aromatic rings. The van der Waals surface area contributed by atoms with E-state index in [4.69, 9.17) is 4.74 Å². The van der Waals surface area contributed by atoms with Crippen LogP contribution < -0.4 is 4.74 Å². The molecule has 0 atom stereocenters. The Kier molecular flexibility index (Phi) is 3.77. The molecule has 0 radical (unpaired) electrons. The largest absolute Gasteiger partial charge is 0.492 e. The van der Waals surface area contributed by atoms with Crippen molar-refractivity contribution >= 4 is 38.5 Å². The van der Waals surface area contributed by atoms with Crippen molar-refractivity contribution in [3.8, 4) is 5.75 Å². The molecule has 0 N–H and O–H groups in total. The highest BCUT2D eigenvalue weighted by Crippen LogP contribution is 2.31. The van der Waals surface area contributed by atoms with Gasteiger partial charge in [0.2, 0.25) is 0 Å². The molecule has 4 heteroatoms. The molecule has 12 heavy (non-hydrogen) atoms. The first kappa shape index (κ1) is 10.2. The van der Waals surface area contributed by atoms with Crippen LogP contribution in [0.2, 0.25) is 0 Å². The van der Waals surface area contributed by atoms with Crippen LogP contribution in [0.1, 0.15) is 6.92 Å². The van der Waals surface area contributed by atoms with Crippen molar-refractivity contribution in [2.24, 2.45) is 0 Å². The van der Waals surface area contributed by atoms with E-state index < -0.39 is 0 Å². The fraction of sp³-hybridized carbons (Fsp3) is 0.250. The van der Waals surface area contributed by atoms with Crippen LogP contribution in [0.3, 0.4) is 0 Å². The van der Waals surface area contributed by atoms with Crippen LogP contribution in [0, 0.1) is 9.39 Å². The monoisotopic (exact) mass is 344 g/mol. The van der Waals surface area contributed by atoms with E-state index in [-0.39, 0.29) is 5.82 Å². The SMILES string of the molecule is CCOc1c(Br)cc(F)cc1I. The van der Waals surface area contributed by atoms with Crippen LogP contribution in [0.4, 0.5) is 4.39 Å². The third kappa shape index (κ3) is 2.32. The van der Waals surface area contributed by atoms with Gasteiger partial charge in [-0.25, -0.2) is 4.39 Å². The minimum atomic E-state index is -0.255. The summed E-state index contributed by atoms with van der Waals surface area (Å²) in [5.74, 6) is 0.453. The molecule has 0 aliphatic rings. The maximum Gasteiger partial charge on any atom is 0.146 e. The number of hydrogen-bond donors (Lipinski definition) is 0. The molecule has 1 nitrogen and oxygen atoms in total. The van der Waals surface area contributed by atoms with Gasteiger partial charge in [0.1, 0.15) is 11.6 Å². The molecule has 0 saturated carbocycles. The first-order valence-electron chi connectivity index (χ1n) is 3.42. The van der Waals surface area contributed by atoms with E-state index >= 15 is 0 Å². The second kappa shape index (κ2) is 4.41. The van der Waals surface area contributed by atoms with Crippen molar-refractivity contribution in [1.29, 1.82) is 0 Å². The Balaban J connectivity index is 3.10. The first-order chi connectivity index (χ1) is 5.65. The third-order valence-corrected chi connectivity index (χ3v) is 2.64. The van der Waals surface area contributed by atoms with Crippen molar-refractivity contribution in [2.75, 3.05) is 6.61 Å². The van der Waals surface area contributed by atoms with Crippen LogP contribution in [0.15, 0.2) is 16.6 Å². The zero-order valence-corrected chi connectivity index (χ0v) is 10.1. The Morgan fingerprint density at radius 3 is 2.75 bits per heavy atom. The quantitative estimate of drug-likeness (QED) is 0.745. The highest BCUT2D eigenvalue weighted by Gasteiger charge is 2.07. The highest BCUT2D eigenvalue weighted by molar-refractivity contribution is 14.1. The number of benzene rings is 1. The third-order valence-electron chi connectivity index (χ3n) is 1.25. The summed E-state index contributed by atoms with van der Waals surface area (Å²) in [6, 6.07) is 2.84. The molecule has 1 aromatic carbocycles. The van der Waals surface area contributed by atoms with E-state index in [1.54, 1.807) is 0 Å². The number of halogens is 3. The lowest BCUT2D eigenvalue weighted by Gasteiger charge is -2.07. The summed E-state index contributed by atoms with van der Waals surface area (Å²) in [4.78, 5) is 0. The second-order valence-corrected chi connectivity index (χ2v) is 4.15. The van der Waals surface area contributed by atoms with E-state index in [1.165, 1.54) is 12.1 Å². The van der Waals surface area contributed by atoms with Gasteiger partial charge in [0, 0.05) is 0 Å². The van der Waals surface area contributed by atoms with Crippen LogP contribution in [0.5, 0.6) is 5.75 Å². The number of hydrogen-bond acceptors (Lipinski definition) is 1. The molecular weight excluding hydrogens is 338 g/mol. The van der Waals surface area contributed by atoms with Gasteiger partial charge >= 0.3 is 0 Å². The summed E-state index contributed by atoms with van der Waals surface area (Å²) in [5, 5.41) is 0. The predicted octanol–water partition coefficient (Wildman–Crippen LogP) is 3.59. The number of ether oxygens (including phenoxy) is 1. The van der Waals surface area contributed by atoms with Gasteiger partial charge in [-0.15, -0.1) is 0 Å². The summed E-state index contributed by atoms with van der Waals surface area (Å²) in [6.45, 7) is 2.48. The maximum absolute atomic E-state index is 12.8. The minimum absolute atomic E-state index is 0.255. The Hall–Kier alpha value is 0.160. The molecule has 0 saturated heterocycles. The van der Waals surface area contributed by atoms with E-state index in [1.807, 2.05) is 29.5 Å². The fourth-order valence-corrected chi connectivity index (χ4v) is 2.47. The molecule has 0 aromatic heterocycles. The van der Waals surface area contributed by atoms with Crippen molar-refractivity contribution in [2.45, 2.75) is 6.92 Å². The van der Waals surface area contributed by atoms with E-state index in [9.17, 15) is 4.39 Å². The van der Waals surface area contributed by atoms with E-state index in [0.717, 1.165) is 3.57 Å². The molecule has 0 heterocycles. The lowest BCUT2D eigenvalue weighted by atomic mass is 10.3. The van der Waals surface area contributed by atoms with Crippen LogP contribution in [0.25, 0.3) is 0 Å². The topological polar surface area (TPSA) is 9.23 Å².